The molecule has 0 aliphatic rings. The van der Waals surface area contributed by atoms with Crippen molar-refractivity contribution in [1.29, 1.82) is 0 Å². The van der Waals surface area contributed by atoms with Gasteiger partial charge in [-0.3, -0.25) is 0 Å². The summed E-state index contributed by atoms with van der Waals surface area (Å²) in [7, 11) is 1.58. The highest BCUT2D eigenvalue weighted by Crippen LogP contribution is 2.18. The molecule has 0 amide bonds. The maximum absolute atomic E-state index is 12.2. The van der Waals surface area contributed by atoms with E-state index in [1.54, 1.807) is 43.8 Å². The Bertz CT molecular complexity index is 963. The molecule has 1 aromatic heterocycles. The molecule has 3 aromatic rings. The highest BCUT2D eigenvalue weighted by molar-refractivity contribution is 5.87. The number of unbranched alkanes of at least 4 members (excludes halogenated alkanes) is 2. The highest BCUT2D eigenvalue weighted by atomic mass is 16.5. The number of methoxy groups -OCH3 is 1. The largest absolute Gasteiger partial charge is 0.497 e. The van der Waals surface area contributed by atoms with Crippen molar-refractivity contribution < 1.29 is 14.3 Å². The van der Waals surface area contributed by atoms with Crippen molar-refractivity contribution in [1.82, 2.24) is 9.97 Å². The predicted octanol–water partition coefficient (Wildman–Crippen LogP) is 5.61. The summed E-state index contributed by atoms with van der Waals surface area (Å²) >= 11 is 0. The van der Waals surface area contributed by atoms with Gasteiger partial charge in [0.2, 0.25) is 5.82 Å². The molecule has 3 rings (SSSR count). The molecular formula is C25H26N2O3. The number of aromatic nitrogens is 2. The van der Waals surface area contributed by atoms with E-state index in [2.05, 4.69) is 41.2 Å². The van der Waals surface area contributed by atoms with Crippen molar-refractivity contribution >= 4 is 18.1 Å². The molecule has 2 aromatic carbocycles. The van der Waals surface area contributed by atoms with E-state index in [9.17, 15) is 4.79 Å². The second-order valence-electron chi connectivity index (χ2n) is 6.94. The lowest BCUT2D eigenvalue weighted by molar-refractivity contribution is 0.0721. The van der Waals surface area contributed by atoms with Crippen molar-refractivity contribution in [3.63, 3.8) is 0 Å². The van der Waals surface area contributed by atoms with Gasteiger partial charge in [0.1, 0.15) is 11.5 Å². The molecular weight excluding hydrogens is 376 g/mol. The van der Waals surface area contributed by atoms with E-state index in [-0.39, 0.29) is 5.82 Å². The Morgan fingerprint density at radius 3 is 2.13 bits per heavy atom. The zero-order valence-electron chi connectivity index (χ0n) is 17.4. The third-order valence-corrected chi connectivity index (χ3v) is 4.64. The van der Waals surface area contributed by atoms with Crippen molar-refractivity contribution in [2.45, 2.75) is 32.6 Å². The normalized spacial score (nSPS) is 10.9. The van der Waals surface area contributed by atoms with E-state index in [0.29, 0.717) is 11.5 Å². The number of ether oxygens (including phenoxy) is 2. The van der Waals surface area contributed by atoms with Gasteiger partial charge in [0.05, 0.1) is 7.11 Å². The van der Waals surface area contributed by atoms with E-state index in [4.69, 9.17) is 9.47 Å². The lowest BCUT2D eigenvalue weighted by atomic mass is 10.0. The number of carbonyl (C=O) groups is 1. The molecule has 0 spiro atoms. The monoisotopic (exact) mass is 402 g/mol. The van der Waals surface area contributed by atoms with Gasteiger partial charge in [0.25, 0.3) is 0 Å². The van der Waals surface area contributed by atoms with Crippen LogP contribution in [0.2, 0.25) is 0 Å². The van der Waals surface area contributed by atoms with E-state index in [1.807, 2.05) is 12.2 Å². The molecule has 30 heavy (non-hydrogen) atoms. The van der Waals surface area contributed by atoms with Crippen molar-refractivity contribution in [2.75, 3.05) is 7.11 Å². The Kier molecular flexibility index (Phi) is 7.72. The third kappa shape index (κ3) is 6.27. The average Bonchev–Trinajstić information content (AvgIpc) is 2.79. The molecule has 0 radical (unpaired) electrons. The van der Waals surface area contributed by atoms with Gasteiger partial charge in [0.15, 0.2) is 0 Å². The second kappa shape index (κ2) is 10.9. The van der Waals surface area contributed by atoms with E-state index >= 15 is 0 Å². The van der Waals surface area contributed by atoms with Crippen molar-refractivity contribution in [3.8, 4) is 11.5 Å². The topological polar surface area (TPSA) is 61.3 Å². The molecule has 0 aliphatic heterocycles. The summed E-state index contributed by atoms with van der Waals surface area (Å²) in [5.41, 5.74) is 3.28. The lowest BCUT2D eigenvalue weighted by Gasteiger charge is -2.04. The number of rotatable bonds is 9. The fourth-order valence-corrected chi connectivity index (χ4v) is 2.89. The number of aryl methyl sites for hydroxylation is 1. The molecule has 154 valence electrons. The number of nitrogens with zero attached hydrogens (tertiary/aromatic N) is 2. The summed E-state index contributed by atoms with van der Waals surface area (Å²) in [5.74, 6) is 0.508. The van der Waals surface area contributed by atoms with Crippen LogP contribution in [0.5, 0.6) is 11.5 Å². The van der Waals surface area contributed by atoms with Gasteiger partial charge in [-0.05, 0) is 48.2 Å². The molecule has 0 unspecified atom stereocenters. The van der Waals surface area contributed by atoms with E-state index < -0.39 is 5.97 Å². The van der Waals surface area contributed by atoms with E-state index in [1.165, 1.54) is 24.8 Å². The number of esters is 1. The van der Waals surface area contributed by atoms with Gasteiger partial charge < -0.3 is 9.47 Å². The minimum absolute atomic E-state index is 0.0133. The molecule has 0 fully saturated rings. The standard InChI is InChI=1S/C25H26N2O3/c1-3-4-5-6-19-7-9-20(10-8-19)11-12-21-17-26-24(27-18-21)25(28)30-23-15-13-22(29-2)14-16-23/h7-18H,3-6H2,1-2H3. The Labute approximate surface area is 177 Å². The Morgan fingerprint density at radius 2 is 1.50 bits per heavy atom. The first-order valence-electron chi connectivity index (χ1n) is 10.1. The van der Waals surface area contributed by atoms with Crippen LogP contribution in [-0.4, -0.2) is 23.0 Å². The number of benzene rings is 2. The minimum Gasteiger partial charge on any atom is -0.497 e. The molecule has 0 N–H and O–H groups in total. The summed E-state index contributed by atoms with van der Waals surface area (Å²) in [4.78, 5) is 20.4. The summed E-state index contributed by atoms with van der Waals surface area (Å²) in [5, 5.41) is 0. The fourth-order valence-electron chi connectivity index (χ4n) is 2.89. The molecule has 0 saturated carbocycles. The van der Waals surface area contributed by atoms with Crippen LogP contribution in [0.1, 0.15) is 53.5 Å². The maximum atomic E-state index is 12.2. The number of hydrogen-bond acceptors (Lipinski definition) is 5. The highest BCUT2D eigenvalue weighted by Gasteiger charge is 2.11. The van der Waals surface area contributed by atoms with Crippen LogP contribution in [0.15, 0.2) is 60.9 Å². The van der Waals surface area contributed by atoms with Crippen LogP contribution in [0.25, 0.3) is 12.2 Å². The van der Waals surface area contributed by atoms with Gasteiger partial charge >= 0.3 is 5.97 Å². The SMILES string of the molecule is CCCCCc1ccc(C=Cc2cnc(C(=O)Oc3ccc(OC)cc3)nc2)cc1. The molecule has 1 heterocycles. The number of carbonyl (C=O) groups excluding carboxylic acids is 1. The molecule has 0 saturated heterocycles. The summed E-state index contributed by atoms with van der Waals surface area (Å²) < 4.78 is 10.4. The zero-order chi connectivity index (χ0) is 21.2. The maximum Gasteiger partial charge on any atom is 0.381 e. The summed E-state index contributed by atoms with van der Waals surface area (Å²) in [6, 6.07) is 15.3. The van der Waals surface area contributed by atoms with Crippen LogP contribution >= 0.6 is 0 Å². The smallest absolute Gasteiger partial charge is 0.381 e. The van der Waals surface area contributed by atoms with Crippen LogP contribution in [0, 0.1) is 0 Å². The first-order chi connectivity index (χ1) is 14.7. The predicted molar refractivity (Wildman–Crippen MR) is 119 cm³/mol. The first kappa shape index (κ1) is 21.2. The Morgan fingerprint density at radius 1 is 0.867 bits per heavy atom. The zero-order valence-corrected chi connectivity index (χ0v) is 17.4. The van der Waals surface area contributed by atoms with Gasteiger partial charge in [-0.15, -0.1) is 0 Å². The Hall–Kier alpha value is -3.47. The van der Waals surface area contributed by atoms with Gasteiger partial charge in [-0.1, -0.05) is 56.2 Å². The average molecular weight is 402 g/mol. The molecule has 0 bridgehead atoms. The minimum atomic E-state index is -0.602. The molecule has 0 atom stereocenters. The quantitative estimate of drug-likeness (QED) is 0.265. The molecule has 5 nitrogen and oxygen atoms in total. The van der Waals surface area contributed by atoms with Crippen LogP contribution in [0.4, 0.5) is 0 Å². The van der Waals surface area contributed by atoms with Crippen LogP contribution < -0.4 is 9.47 Å². The molecule has 5 heteroatoms. The fraction of sp³-hybridized carbons (Fsp3) is 0.240. The number of hydrogen-bond donors (Lipinski definition) is 0. The van der Waals surface area contributed by atoms with Crippen LogP contribution in [0.3, 0.4) is 0 Å². The van der Waals surface area contributed by atoms with Crippen molar-refractivity contribution in [3.05, 3.63) is 83.4 Å². The molecule has 0 aliphatic carbocycles. The summed E-state index contributed by atoms with van der Waals surface area (Å²) in [6.45, 7) is 2.22. The lowest BCUT2D eigenvalue weighted by Crippen LogP contribution is -2.12. The van der Waals surface area contributed by atoms with Crippen LogP contribution in [-0.2, 0) is 6.42 Å². The summed E-state index contributed by atoms with van der Waals surface area (Å²) in [6.07, 6.45) is 12.0. The van der Waals surface area contributed by atoms with Gasteiger partial charge in [0, 0.05) is 18.0 Å². The Balaban J connectivity index is 1.56. The van der Waals surface area contributed by atoms with Gasteiger partial charge in [-0.2, -0.15) is 0 Å². The first-order valence-corrected chi connectivity index (χ1v) is 10.1. The van der Waals surface area contributed by atoms with E-state index in [0.717, 1.165) is 17.5 Å². The second-order valence-corrected chi connectivity index (χ2v) is 6.94. The van der Waals surface area contributed by atoms with Gasteiger partial charge in [-0.25, -0.2) is 14.8 Å². The van der Waals surface area contributed by atoms with Crippen molar-refractivity contribution in [2.24, 2.45) is 0 Å². The third-order valence-electron chi connectivity index (χ3n) is 4.64.